The molecule has 0 aromatic heterocycles. The number of halogens is 1. The Labute approximate surface area is 168 Å². The van der Waals surface area contributed by atoms with Gasteiger partial charge < -0.3 is 4.74 Å². The Morgan fingerprint density at radius 3 is 2.36 bits per heavy atom. The molecule has 28 heavy (non-hydrogen) atoms. The predicted octanol–water partition coefficient (Wildman–Crippen LogP) is 3.04. The van der Waals surface area contributed by atoms with E-state index in [0.29, 0.717) is 23.0 Å². The first-order valence-corrected chi connectivity index (χ1v) is 8.97. The molecule has 146 valence electrons. The van der Waals surface area contributed by atoms with Crippen molar-refractivity contribution in [2.45, 2.75) is 13.5 Å². The third kappa shape index (κ3) is 3.85. The lowest BCUT2D eigenvalue weighted by Gasteiger charge is -2.23. The number of hydrogen-bond donors (Lipinski definition) is 0. The van der Waals surface area contributed by atoms with Gasteiger partial charge >= 0.3 is 17.8 Å². The van der Waals surface area contributed by atoms with Gasteiger partial charge in [0.25, 0.3) is 0 Å². The summed E-state index contributed by atoms with van der Waals surface area (Å²) in [6, 6.07) is 11.4. The summed E-state index contributed by atoms with van der Waals surface area (Å²) in [5.74, 6) is -1.06. The summed E-state index contributed by atoms with van der Waals surface area (Å²) in [4.78, 5) is 41.0. The van der Waals surface area contributed by atoms with Crippen LogP contribution in [0.4, 0.5) is 10.5 Å². The lowest BCUT2D eigenvalue weighted by atomic mass is 10.2. The Morgan fingerprint density at radius 1 is 1.04 bits per heavy atom. The molecule has 0 saturated carbocycles. The van der Waals surface area contributed by atoms with Crippen LogP contribution < -0.4 is 9.64 Å². The van der Waals surface area contributed by atoms with Crippen molar-refractivity contribution in [1.29, 1.82) is 0 Å². The van der Waals surface area contributed by atoms with E-state index in [1.54, 1.807) is 61.5 Å². The number of imide groups is 2. The van der Waals surface area contributed by atoms with E-state index in [4.69, 9.17) is 16.3 Å². The zero-order valence-electron chi connectivity index (χ0n) is 15.8. The van der Waals surface area contributed by atoms with Crippen molar-refractivity contribution in [2.75, 3.05) is 25.7 Å². The fraction of sp³-hybridized carbons (Fsp3) is 0.250. The fourth-order valence-corrected chi connectivity index (χ4v) is 3.20. The highest BCUT2D eigenvalue weighted by atomic mass is 35.5. The minimum atomic E-state index is -0.859. The smallest absolute Gasteiger partial charge is 0.340 e. The second-order valence-electron chi connectivity index (χ2n) is 6.60. The number of urea groups is 1. The third-order valence-corrected chi connectivity index (χ3v) is 4.65. The summed E-state index contributed by atoms with van der Waals surface area (Å²) in [6.07, 6.45) is 0. The summed E-state index contributed by atoms with van der Waals surface area (Å²) in [5.41, 5.74) is 2.16. The van der Waals surface area contributed by atoms with E-state index in [0.717, 1.165) is 20.9 Å². The standard InChI is InChI=1S/C20H20ClN3O4/c1-13-4-7-16(8-5-13)24-19(26)18(25)23(20(24)27)12-22(2)11-14-10-15(21)6-9-17(14)28-3/h4-10H,11-12H2,1-3H3. The van der Waals surface area contributed by atoms with E-state index in [1.165, 1.54) is 0 Å². The summed E-state index contributed by atoms with van der Waals surface area (Å²) >= 11 is 6.05. The number of carbonyl (C=O) groups excluding carboxylic acids is 3. The molecule has 1 fully saturated rings. The van der Waals surface area contributed by atoms with Crippen molar-refractivity contribution in [3.8, 4) is 5.75 Å². The number of benzene rings is 2. The Balaban J connectivity index is 1.76. The largest absolute Gasteiger partial charge is 0.496 e. The van der Waals surface area contributed by atoms with Crippen LogP contribution in [0.25, 0.3) is 0 Å². The number of aryl methyl sites for hydroxylation is 1. The van der Waals surface area contributed by atoms with Gasteiger partial charge in [0, 0.05) is 17.1 Å². The second-order valence-corrected chi connectivity index (χ2v) is 7.04. The number of amides is 4. The molecule has 8 heteroatoms. The van der Waals surface area contributed by atoms with Gasteiger partial charge in [0.1, 0.15) is 5.75 Å². The molecular weight excluding hydrogens is 382 g/mol. The van der Waals surface area contributed by atoms with Gasteiger partial charge in [0.15, 0.2) is 0 Å². The van der Waals surface area contributed by atoms with Gasteiger partial charge in [-0.15, -0.1) is 0 Å². The van der Waals surface area contributed by atoms with Gasteiger partial charge in [-0.2, -0.15) is 0 Å². The number of methoxy groups -OCH3 is 1. The van der Waals surface area contributed by atoms with Crippen LogP contribution in [0.5, 0.6) is 5.75 Å². The SMILES string of the molecule is COc1ccc(Cl)cc1CN(C)CN1C(=O)C(=O)N(c2ccc(C)cc2)C1=O. The molecule has 0 aliphatic carbocycles. The van der Waals surface area contributed by atoms with Crippen molar-refractivity contribution >= 4 is 35.1 Å². The van der Waals surface area contributed by atoms with Crippen molar-refractivity contribution in [3.63, 3.8) is 0 Å². The molecule has 4 amide bonds. The van der Waals surface area contributed by atoms with Gasteiger partial charge in [-0.3, -0.25) is 14.5 Å². The Kier molecular flexibility index (Phi) is 5.67. The van der Waals surface area contributed by atoms with Crippen LogP contribution in [0.1, 0.15) is 11.1 Å². The molecular formula is C20H20ClN3O4. The Bertz CT molecular complexity index is 930. The Morgan fingerprint density at radius 2 is 1.71 bits per heavy atom. The second kappa shape index (κ2) is 8.00. The molecule has 0 bridgehead atoms. The molecule has 1 saturated heterocycles. The number of ether oxygens (including phenoxy) is 1. The number of carbonyl (C=O) groups is 3. The molecule has 3 rings (SSSR count). The Hall–Kier alpha value is -2.90. The zero-order valence-corrected chi connectivity index (χ0v) is 16.6. The molecule has 1 heterocycles. The lowest BCUT2D eigenvalue weighted by molar-refractivity contribution is -0.140. The summed E-state index contributed by atoms with van der Waals surface area (Å²) in [6.45, 7) is 2.23. The van der Waals surface area contributed by atoms with Crippen LogP contribution in [0.15, 0.2) is 42.5 Å². The molecule has 0 N–H and O–H groups in total. The maximum absolute atomic E-state index is 12.7. The average molecular weight is 402 g/mol. The number of anilines is 1. The number of rotatable bonds is 6. The maximum atomic E-state index is 12.7. The van der Waals surface area contributed by atoms with Crippen LogP contribution in [-0.4, -0.2) is 48.5 Å². The molecule has 0 atom stereocenters. The van der Waals surface area contributed by atoms with Gasteiger partial charge in [0.2, 0.25) is 0 Å². The molecule has 1 aliphatic heterocycles. The average Bonchev–Trinajstić information content (AvgIpc) is 2.86. The van der Waals surface area contributed by atoms with E-state index in [9.17, 15) is 14.4 Å². The zero-order chi connectivity index (χ0) is 20.4. The van der Waals surface area contributed by atoms with Crippen LogP contribution in [0.3, 0.4) is 0 Å². The predicted molar refractivity (Wildman–Crippen MR) is 105 cm³/mol. The number of nitrogens with zero attached hydrogens (tertiary/aromatic N) is 3. The van der Waals surface area contributed by atoms with E-state index in [1.807, 2.05) is 6.92 Å². The van der Waals surface area contributed by atoms with E-state index in [2.05, 4.69) is 0 Å². The van der Waals surface area contributed by atoms with Gasteiger partial charge in [-0.05, 0) is 44.3 Å². The van der Waals surface area contributed by atoms with Gasteiger partial charge in [-0.1, -0.05) is 29.3 Å². The van der Waals surface area contributed by atoms with E-state index < -0.39 is 17.8 Å². The van der Waals surface area contributed by atoms with Crippen molar-refractivity contribution in [1.82, 2.24) is 9.80 Å². The quantitative estimate of drug-likeness (QED) is 0.549. The molecule has 0 spiro atoms. The molecule has 0 radical (unpaired) electrons. The van der Waals surface area contributed by atoms with Crippen molar-refractivity contribution < 1.29 is 19.1 Å². The molecule has 2 aromatic rings. The van der Waals surface area contributed by atoms with Gasteiger partial charge in [0.05, 0.1) is 19.5 Å². The minimum absolute atomic E-state index is 0.0402. The first-order valence-electron chi connectivity index (χ1n) is 8.59. The first-order chi connectivity index (χ1) is 13.3. The van der Waals surface area contributed by atoms with Crippen LogP contribution >= 0.6 is 11.6 Å². The van der Waals surface area contributed by atoms with E-state index in [-0.39, 0.29) is 6.67 Å². The molecule has 7 nitrogen and oxygen atoms in total. The molecule has 1 aliphatic rings. The first kappa shape index (κ1) is 19.9. The van der Waals surface area contributed by atoms with Gasteiger partial charge in [-0.25, -0.2) is 14.6 Å². The van der Waals surface area contributed by atoms with Crippen LogP contribution in [0.2, 0.25) is 5.02 Å². The third-order valence-electron chi connectivity index (χ3n) is 4.41. The fourth-order valence-electron chi connectivity index (χ4n) is 3.00. The van der Waals surface area contributed by atoms with Crippen LogP contribution in [0, 0.1) is 6.92 Å². The van der Waals surface area contributed by atoms with E-state index >= 15 is 0 Å². The molecule has 0 unspecified atom stereocenters. The highest BCUT2D eigenvalue weighted by Gasteiger charge is 2.45. The van der Waals surface area contributed by atoms with Crippen molar-refractivity contribution in [3.05, 3.63) is 58.6 Å². The molecule has 2 aromatic carbocycles. The highest BCUT2D eigenvalue weighted by molar-refractivity contribution is 6.52. The normalized spacial score (nSPS) is 14.4. The summed E-state index contributed by atoms with van der Waals surface area (Å²) in [5, 5.41) is 0.554. The lowest BCUT2D eigenvalue weighted by Crippen LogP contribution is -2.40. The highest BCUT2D eigenvalue weighted by Crippen LogP contribution is 2.25. The summed E-state index contributed by atoms with van der Waals surface area (Å²) in [7, 11) is 3.29. The maximum Gasteiger partial charge on any atom is 0.340 e. The summed E-state index contributed by atoms with van der Waals surface area (Å²) < 4.78 is 5.32. The van der Waals surface area contributed by atoms with Crippen molar-refractivity contribution in [2.24, 2.45) is 0 Å². The topological polar surface area (TPSA) is 70.2 Å². The number of hydrogen-bond acceptors (Lipinski definition) is 5. The monoisotopic (exact) mass is 401 g/mol. The van der Waals surface area contributed by atoms with Crippen LogP contribution in [-0.2, 0) is 16.1 Å². The minimum Gasteiger partial charge on any atom is -0.496 e.